The van der Waals surface area contributed by atoms with Gasteiger partial charge < -0.3 is 23.8 Å². The molecule has 0 N–H and O–H groups in total. The summed E-state index contributed by atoms with van der Waals surface area (Å²) in [5.41, 5.74) is -0.134. The standard InChI is InChI=1S/C26H34N2O9/c1-26(2,3)37-24(32)20-17(22(30)34-4)14-19(23(31)35-5)28(20)21(29)18-12-9-13-27(18)25(33)36-15-16-10-7-6-8-11-16/h6-8,10-11,17-20H,9,12-15H2,1-5H3/t17-,18-,19-,20-/m0/s1. The largest absolute Gasteiger partial charge is 0.469 e. The van der Waals surface area contributed by atoms with Crippen LogP contribution in [0.1, 0.15) is 45.6 Å². The Balaban J connectivity index is 1.90. The number of methoxy groups -OCH3 is 2. The molecule has 2 saturated heterocycles. The molecule has 2 heterocycles. The smallest absolute Gasteiger partial charge is 0.410 e. The minimum absolute atomic E-state index is 0.0243. The molecule has 37 heavy (non-hydrogen) atoms. The number of likely N-dealkylation sites (tertiary alicyclic amines) is 2. The molecule has 2 fully saturated rings. The number of hydrogen-bond donors (Lipinski definition) is 0. The first kappa shape index (κ1) is 27.9. The highest BCUT2D eigenvalue weighted by atomic mass is 16.6. The predicted molar refractivity (Wildman–Crippen MR) is 129 cm³/mol. The first-order chi connectivity index (χ1) is 17.5. The number of nitrogens with zero attached hydrogens (tertiary/aromatic N) is 2. The van der Waals surface area contributed by atoms with Crippen LogP contribution in [-0.4, -0.2) is 84.2 Å². The van der Waals surface area contributed by atoms with Gasteiger partial charge >= 0.3 is 24.0 Å². The van der Waals surface area contributed by atoms with Crippen LogP contribution in [-0.2, 0) is 44.7 Å². The highest BCUT2D eigenvalue weighted by Crippen LogP contribution is 2.36. The normalized spacial score (nSPS) is 23.4. The van der Waals surface area contributed by atoms with Crippen LogP contribution in [0.4, 0.5) is 4.79 Å². The van der Waals surface area contributed by atoms with Gasteiger partial charge in [0.05, 0.1) is 20.1 Å². The molecule has 2 aliphatic heterocycles. The molecule has 0 aliphatic carbocycles. The topological polar surface area (TPSA) is 129 Å². The number of ether oxygens (including phenoxy) is 4. The van der Waals surface area contributed by atoms with Gasteiger partial charge in [-0.1, -0.05) is 30.3 Å². The third-order valence-corrected chi connectivity index (χ3v) is 6.35. The second kappa shape index (κ2) is 11.6. The molecule has 0 saturated carbocycles. The van der Waals surface area contributed by atoms with Crippen molar-refractivity contribution in [2.24, 2.45) is 5.92 Å². The first-order valence-electron chi connectivity index (χ1n) is 12.2. The van der Waals surface area contributed by atoms with Crippen molar-refractivity contribution in [1.82, 2.24) is 9.80 Å². The average Bonchev–Trinajstić information content (AvgIpc) is 3.51. The maximum atomic E-state index is 13.9. The summed E-state index contributed by atoms with van der Waals surface area (Å²) in [6.45, 7) is 5.24. The quantitative estimate of drug-likeness (QED) is 0.410. The van der Waals surface area contributed by atoms with Crippen LogP contribution in [0.5, 0.6) is 0 Å². The number of carbonyl (C=O) groups excluding carboxylic acids is 5. The summed E-state index contributed by atoms with van der Waals surface area (Å²) >= 11 is 0. The lowest BCUT2D eigenvalue weighted by atomic mass is 9.98. The second-order valence-corrected chi connectivity index (χ2v) is 10.0. The number of hydrogen-bond acceptors (Lipinski definition) is 9. The molecule has 4 atom stereocenters. The van der Waals surface area contributed by atoms with Gasteiger partial charge in [0.2, 0.25) is 5.91 Å². The minimum Gasteiger partial charge on any atom is -0.469 e. The number of amides is 2. The Morgan fingerprint density at radius 1 is 0.919 bits per heavy atom. The summed E-state index contributed by atoms with van der Waals surface area (Å²) in [4.78, 5) is 67.8. The van der Waals surface area contributed by atoms with Gasteiger partial charge in [0.25, 0.3) is 0 Å². The van der Waals surface area contributed by atoms with Crippen LogP contribution >= 0.6 is 0 Å². The Kier molecular flexibility index (Phi) is 8.77. The van der Waals surface area contributed by atoms with Crippen molar-refractivity contribution in [2.75, 3.05) is 20.8 Å². The van der Waals surface area contributed by atoms with Crippen LogP contribution in [0.2, 0.25) is 0 Å². The average molecular weight is 519 g/mol. The van der Waals surface area contributed by atoms with E-state index < -0.39 is 59.6 Å². The molecule has 11 heteroatoms. The molecule has 1 aromatic carbocycles. The molecular weight excluding hydrogens is 484 g/mol. The molecule has 2 amide bonds. The fourth-order valence-electron chi connectivity index (χ4n) is 4.74. The molecule has 0 bridgehead atoms. The molecule has 0 spiro atoms. The lowest BCUT2D eigenvalue weighted by Crippen LogP contribution is -2.57. The van der Waals surface area contributed by atoms with E-state index in [1.165, 1.54) is 4.90 Å². The van der Waals surface area contributed by atoms with Crippen LogP contribution in [0.3, 0.4) is 0 Å². The fraction of sp³-hybridized carbons (Fsp3) is 0.577. The van der Waals surface area contributed by atoms with Gasteiger partial charge in [-0.3, -0.25) is 14.5 Å². The first-order valence-corrected chi connectivity index (χ1v) is 12.2. The molecular formula is C26H34N2O9. The van der Waals surface area contributed by atoms with Crippen molar-refractivity contribution >= 4 is 29.9 Å². The lowest BCUT2D eigenvalue weighted by Gasteiger charge is -2.34. The monoisotopic (exact) mass is 518 g/mol. The highest BCUT2D eigenvalue weighted by Gasteiger charge is 2.57. The zero-order valence-corrected chi connectivity index (χ0v) is 21.8. The highest BCUT2D eigenvalue weighted by molar-refractivity contribution is 5.97. The summed E-state index contributed by atoms with van der Waals surface area (Å²) in [7, 11) is 2.31. The van der Waals surface area contributed by atoms with Crippen molar-refractivity contribution in [2.45, 2.75) is 70.4 Å². The third kappa shape index (κ3) is 6.39. The van der Waals surface area contributed by atoms with Gasteiger partial charge in [0, 0.05) is 6.54 Å². The number of esters is 3. The van der Waals surface area contributed by atoms with E-state index in [0.29, 0.717) is 12.8 Å². The zero-order chi connectivity index (χ0) is 27.3. The van der Waals surface area contributed by atoms with E-state index in [2.05, 4.69) is 0 Å². The van der Waals surface area contributed by atoms with Crippen LogP contribution < -0.4 is 0 Å². The molecule has 0 aromatic heterocycles. The summed E-state index contributed by atoms with van der Waals surface area (Å²) in [6, 6.07) is 5.45. The molecule has 202 valence electrons. The van der Waals surface area contributed by atoms with Crippen molar-refractivity contribution in [1.29, 1.82) is 0 Å². The minimum atomic E-state index is -1.42. The van der Waals surface area contributed by atoms with E-state index in [9.17, 15) is 24.0 Å². The molecule has 11 nitrogen and oxygen atoms in total. The maximum Gasteiger partial charge on any atom is 0.410 e. The van der Waals surface area contributed by atoms with Crippen molar-refractivity contribution in [3.63, 3.8) is 0 Å². The van der Waals surface area contributed by atoms with Gasteiger partial charge in [-0.05, 0) is 45.6 Å². The van der Waals surface area contributed by atoms with Crippen LogP contribution in [0, 0.1) is 5.92 Å². The van der Waals surface area contributed by atoms with Gasteiger partial charge in [0.15, 0.2) is 0 Å². The summed E-state index contributed by atoms with van der Waals surface area (Å²) < 4.78 is 20.7. The van der Waals surface area contributed by atoms with E-state index in [0.717, 1.165) is 24.7 Å². The van der Waals surface area contributed by atoms with E-state index in [4.69, 9.17) is 18.9 Å². The summed E-state index contributed by atoms with van der Waals surface area (Å²) in [5, 5.41) is 0. The lowest BCUT2D eigenvalue weighted by molar-refractivity contribution is -0.171. The SMILES string of the molecule is COC(=O)[C@H]1C[C@@H](C(=O)OC)N(C(=O)[C@@H]2CCCN2C(=O)OCc2ccccc2)[C@@H]1C(=O)OC(C)(C)C. The van der Waals surface area contributed by atoms with Crippen molar-refractivity contribution in [3.05, 3.63) is 35.9 Å². The Labute approximate surface area is 216 Å². The predicted octanol–water partition coefficient (Wildman–Crippen LogP) is 2.06. The number of rotatable bonds is 6. The number of carbonyl (C=O) groups is 5. The van der Waals surface area contributed by atoms with Crippen molar-refractivity contribution < 1.29 is 42.9 Å². The maximum absolute atomic E-state index is 13.9. The van der Waals surface area contributed by atoms with Gasteiger partial charge in [0.1, 0.15) is 30.3 Å². The summed E-state index contributed by atoms with van der Waals surface area (Å²) in [5.74, 6) is -4.20. The molecule has 3 rings (SSSR count). The van der Waals surface area contributed by atoms with Crippen LogP contribution in [0.15, 0.2) is 30.3 Å². The van der Waals surface area contributed by atoms with E-state index >= 15 is 0 Å². The molecule has 1 aromatic rings. The number of benzene rings is 1. The van der Waals surface area contributed by atoms with Gasteiger partial charge in [-0.25, -0.2) is 14.4 Å². The van der Waals surface area contributed by atoms with Gasteiger partial charge in [-0.15, -0.1) is 0 Å². The van der Waals surface area contributed by atoms with Crippen LogP contribution in [0.25, 0.3) is 0 Å². The van der Waals surface area contributed by atoms with Crippen molar-refractivity contribution in [3.8, 4) is 0 Å². The Morgan fingerprint density at radius 3 is 2.16 bits per heavy atom. The van der Waals surface area contributed by atoms with E-state index in [1.807, 2.05) is 30.3 Å². The fourth-order valence-corrected chi connectivity index (χ4v) is 4.74. The summed E-state index contributed by atoms with van der Waals surface area (Å²) in [6.07, 6.45) is -0.0503. The van der Waals surface area contributed by atoms with E-state index in [1.54, 1.807) is 20.8 Å². The third-order valence-electron chi connectivity index (χ3n) is 6.35. The van der Waals surface area contributed by atoms with Gasteiger partial charge in [-0.2, -0.15) is 0 Å². The Hall–Kier alpha value is -3.63. The Morgan fingerprint density at radius 2 is 1.57 bits per heavy atom. The Bertz CT molecular complexity index is 1020. The molecule has 0 radical (unpaired) electrons. The molecule has 2 aliphatic rings. The second-order valence-electron chi connectivity index (χ2n) is 10.0. The zero-order valence-electron chi connectivity index (χ0n) is 21.8. The van der Waals surface area contributed by atoms with E-state index in [-0.39, 0.29) is 19.6 Å². The molecule has 0 unspecified atom stereocenters.